The molecule has 0 aliphatic rings. The van der Waals surface area contributed by atoms with Crippen molar-refractivity contribution in [3.63, 3.8) is 0 Å². The maximum Gasteiger partial charge on any atom is 0.313 e. The zero-order valence-electron chi connectivity index (χ0n) is 22.7. The highest BCUT2D eigenvalue weighted by Crippen LogP contribution is 2.22. The van der Waals surface area contributed by atoms with E-state index in [4.69, 9.17) is 4.74 Å². The molecule has 1 atom stereocenters. The molecule has 0 aliphatic carbocycles. The molecule has 0 N–H and O–H groups in total. The Kier molecular flexibility index (Phi) is 9.15. The van der Waals surface area contributed by atoms with Crippen LogP contribution in [0.5, 0.6) is 0 Å². The molecule has 0 bridgehead atoms. The maximum atomic E-state index is 12.7. The first kappa shape index (κ1) is 28.0. The monoisotopic (exact) mass is 508 g/mol. The van der Waals surface area contributed by atoms with Gasteiger partial charge in [-0.2, -0.15) is 10.2 Å². The van der Waals surface area contributed by atoms with Crippen molar-refractivity contribution in [2.24, 2.45) is 5.92 Å². The number of rotatable bonds is 11. The highest BCUT2D eigenvalue weighted by Gasteiger charge is 2.20. The SMILES string of the molecule is CC(C)COC(=O)Cc1cccc(C(C)c2nn(-c3cnn(CCCC(=O)[N+](C)(C)C)c3)ccc2=O)c1. The van der Waals surface area contributed by atoms with Crippen LogP contribution in [0.25, 0.3) is 5.69 Å². The zero-order valence-corrected chi connectivity index (χ0v) is 22.7. The minimum atomic E-state index is -0.275. The lowest BCUT2D eigenvalue weighted by Crippen LogP contribution is -2.41. The Morgan fingerprint density at radius 1 is 1.11 bits per heavy atom. The van der Waals surface area contributed by atoms with E-state index in [0.717, 1.165) is 16.8 Å². The van der Waals surface area contributed by atoms with Gasteiger partial charge >= 0.3 is 11.9 Å². The molecule has 198 valence electrons. The lowest BCUT2D eigenvalue weighted by Gasteiger charge is -2.20. The molecule has 0 spiro atoms. The summed E-state index contributed by atoms with van der Waals surface area (Å²) in [6, 6.07) is 9.12. The topological polar surface area (TPSA) is 96.1 Å². The van der Waals surface area contributed by atoms with Crippen LogP contribution in [-0.2, 0) is 27.3 Å². The van der Waals surface area contributed by atoms with Crippen molar-refractivity contribution in [2.75, 3.05) is 27.7 Å². The molecule has 37 heavy (non-hydrogen) atoms. The Morgan fingerprint density at radius 3 is 2.57 bits per heavy atom. The number of quaternary nitrogens is 1. The van der Waals surface area contributed by atoms with Gasteiger partial charge in [-0.15, -0.1) is 0 Å². The fourth-order valence-corrected chi connectivity index (χ4v) is 3.79. The summed E-state index contributed by atoms with van der Waals surface area (Å²) in [4.78, 5) is 37.0. The second-order valence-electron chi connectivity index (χ2n) is 10.7. The normalized spacial score (nSPS) is 12.5. The fourth-order valence-electron chi connectivity index (χ4n) is 3.79. The first-order valence-corrected chi connectivity index (χ1v) is 12.7. The molecule has 2 aromatic heterocycles. The number of hydrogen-bond acceptors (Lipinski definition) is 6. The molecule has 1 aromatic carbocycles. The van der Waals surface area contributed by atoms with E-state index in [-0.39, 0.29) is 35.6 Å². The quantitative estimate of drug-likeness (QED) is 0.291. The first-order chi connectivity index (χ1) is 17.4. The van der Waals surface area contributed by atoms with Gasteiger partial charge in [-0.05, 0) is 23.5 Å². The summed E-state index contributed by atoms with van der Waals surface area (Å²) in [5.74, 6) is -0.0870. The number of esters is 1. The van der Waals surface area contributed by atoms with E-state index in [1.807, 2.05) is 72.4 Å². The molecular weight excluding hydrogens is 470 g/mol. The van der Waals surface area contributed by atoms with E-state index in [9.17, 15) is 14.4 Å². The molecular formula is C28H38N5O4+. The summed E-state index contributed by atoms with van der Waals surface area (Å²) in [5.41, 5.74) is 2.71. The minimum Gasteiger partial charge on any atom is -0.465 e. The number of carbonyl (C=O) groups is 2. The molecule has 1 amide bonds. The number of hydrogen-bond donors (Lipinski definition) is 0. The Morgan fingerprint density at radius 2 is 1.86 bits per heavy atom. The number of ether oxygens (including phenoxy) is 1. The molecule has 2 heterocycles. The number of aromatic nitrogens is 4. The zero-order chi connectivity index (χ0) is 27.2. The largest absolute Gasteiger partial charge is 0.465 e. The predicted molar refractivity (Wildman–Crippen MR) is 141 cm³/mol. The van der Waals surface area contributed by atoms with Gasteiger partial charge in [0.1, 0.15) is 11.4 Å². The summed E-state index contributed by atoms with van der Waals surface area (Å²) in [6.07, 6.45) is 6.52. The summed E-state index contributed by atoms with van der Waals surface area (Å²) in [5, 5.41) is 9.00. The molecule has 1 unspecified atom stereocenters. The average Bonchev–Trinajstić information content (AvgIpc) is 3.31. The number of benzene rings is 1. The third-order valence-electron chi connectivity index (χ3n) is 6.03. The molecule has 9 nitrogen and oxygen atoms in total. The van der Waals surface area contributed by atoms with E-state index in [1.54, 1.807) is 21.8 Å². The number of carbonyl (C=O) groups excluding carboxylic acids is 2. The van der Waals surface area contributed by atoms with E-state index < -0.39 is 0 Å². The van der Waals surface area contributed by atoms with E-state index in [2.05, 4.69) is 10.2 Å². The van der Waals surface area contributed by atoms with Crippen LogP contribution >= 0.6 is 0 Å². The van der Waals surface area contributed by atoms with Crippen LogP contribution in [0, 0.1) is 5.92 Å². The van der Waals surface area contributed by atoms with Crippen LogP contribution in [0.1, 0.15) is 56.4 Å². The van der Waals surface area contributed by atoms with E-state index >= 15 is 0 Å². The van der Waals surface area contributed by atoms with Gasteiger partial charge in [-0.1, -0.05) is 45.0 Å². The van der Waals surface area contributed by atoms with Gasteiger partial charge in [0.05, 0.1) is 53.0 Å². The first-order valence-electron chi connectivity index (χ1n) is 12.7. The lowest BCUT2D eigenvalue weighted by molar-refractivity contribution is -0.792. The van der Waals surface area contributed by atoms with Crippen LogP contribution in [0.15, 0.2) is 53.7 Å². The minimum absolute atomic E-state index is 0.156. The van der Waals surface area contributed by atoms with Crippen LogP contribution in [0.4, 0.5) is 0 Å². The van der Waals surface area contributed by atoms with E-state index in [0.29, 0.717) is 36.2 Å². The second-order valence-corrected chi connectivity index (χ2v) is 10.7. The van der Waals surface area contributed by atoms with Gasteiger partial charge in [0.15, 0.2) is 0 Å². The van der Waals surface area contributed by atoms with Crippen molar-refractivity contribution in [1.82, 2.24) is 19.6 Å². The third-order valence-corrected chi connectivity index (χ3v) is 6.03. The van der Waals surface area contributed by atoms with Crippen molar-refractivity contribution in [3.05, 3.63) is 76.0 Å². The fraction of sp³-hybridized carbons (Fsp3) is 0.464. The summed E-state index contributed by atoms with van der Waals surface area (Å²) in [7, 11) is 5.60. The molecule has 0 fully saturated rings. The van der Waals surface area contributed by atoms with Crippen LogP contribution in [0.3, 0.4) is 0 Å². The standard InChI is InChI=1S/C28H38N5O4/c1-20(2)19-37-27(36)16-22-9-7-10-23(15-22)21(3)28-25(34)12-14-32(30-28)24-17-29-31(18-24)13-8-11-26(35)33(4,5)6/h7,9-10,12,14-15,17-18,20-21H,8,11,13,16,19H2,1-6H3/q+1. The summed E-state index contributed by atoms with van der Waals surface area (Å²) >= 11 is 0. The van der Waals surface area contributed by atoms with Gasteiger partial charge in [-0.3, -0.25) is 18.8 Å². The van der Waals surface area contributed by atoms with Gasteiger partial charge in [0, 0.05) is 24.7 Å². The summed E-state index contributed by atoms with van der Waals surface area (Å²) in [6.45, 7) is 6.93. The third kappa shape index (κ3) is 7.95. The van der Waals surface area contributed by atoms with Crippen LogP contribution in [0.2, 0.25) is 0 Å². The lowest BCUT2D eigenvalue weighted by atomic mass is 9.95. The Balaban J connectivity index is 1.72. The van der Waals surface area contributed by atoms with Crippen molar-refractivity contribution >= 4 is 11.9 Å². The summed E-state index contributed by atoms with van der Waals surface area (Å²) < 4.78 is 9.02. The maximum absolute atomic E-state index is 12.7. The molecule has 3 rings (SSSR count). The van der Waals surface area contributed by atoms with Crippen molar-refractivity contribution in [1.29, 1.82) is 0 Å². The van der Waals surface area contributed by atoms with Crippen molar-refractivity contribution < 1.29 is 18.8 Å². The van der Waals surface area contributed by atoms with Crippen molar-refractivity contribution in [2.45, 2.75) is 52.5 Å². The molecule has 0 aliphatic heterocycles. The Labute approximate surface area is 218 Å². The molecule has 0 saturated carbocycles. The number of nitrogens with zero attached hydrogens (tertiary/aromatic N) is 5. The van der Waals surface area contributed by atoms with Gasteiger partial charge in [0.25, 0.3) is 0 Å². The van der Waals surface area contributed by atoms with Gasteiger partial charge < -0.3 is 4.74 Å². The van der Waals surface area contributed by atoms with Gasteiger partial charge in [0.2, 0.25) is 5.43 Å². The smallest absolute Gasteiger partial charge is 0.313 e. The van der Waals surface area contributed by atoms with E-state index in [1.165, 1.54) is 6.07 Å². The predicted octanol–water partition coefficient (Wildman–Crippen LogP) is 3.34. The van der Waals surface area contributed by atoms with Gasteiger partial charge in [-0.25, -0.2) is 9.48 Å². The molecule has 0 saturated heterocycles. The molecule has 0 radical (unpaired) electrons. The number of aryl methyl sites for hydroxylation is 1. The Hall–Kier alpha value is -3.59. The second kappa shape index (κ2) is 12.1. The Bertz CT molecular complexity index is 1290. The molecule has 3 aromatic rings. The van der Waals surface area contributed by atoms with Crippen molar-refractivity contribution in [3.8, 4) is 5.69 Å². The number of amides is 1. The molecule has 9 heteroatoms. The van der Waals surface area contributed by atoms with Crippen LogP contribution in [-0.4, -0.2) is 63.7 Å². The highest BCUT2D eigenvalue weighted by atomic mass is 16.5. The van der Waals surface area contributed by atoms with Crippen LogP contribution < -0.4 is 5.43 Å². The average molecular weight is 509 g/mol. The highest BCUT2D eigenvalue weighted by molar-refractivity contribution is 5.72.